The van der Waals surface area contributed by atoms with Gasteiger partial charge in [0.1, 0.15) is 0 Å². The van der Waals surface area contributed by atoms with Gasteiger partial charge in [-0.2, -0.15) is 0 Å². The molecule has 4 nitrogen and oxygen atoms in total. The number of hydrogen-bond acceptors (Lipinski definition) is 3. The van der Waals surface area contributed by atoms with E-state index in [-0.39, 0.29) is 18.3 Å². The zero-order valence-corrected chi connectivity index (χ0v) is 15.0. The van der Waals surface area contributed by atoms with Crippen molar-refractivity contribution in [1.29, 1.82) is 0 Å². The van der Waals surface area contributed by atoms with Gasteiger partial charge in [-0.1, -0.05) is 54.1 Å². The number of carbonyl (C=O) groups excluding carboxylic acids is 2. The number of ether oxygens (including phenoxy) is 1. The normalized spacial score (nSPS) is 10.3. The molecule has 0 aliphatic heterocycles. The van der Waals surface area contributed by atoms with Gasteiger partial charge in [0.25, 0.3) is 5.91 Å². The highest BCUT2D eigenvalue weighted by atomic mass is 35.5. The molecule has 2 aromatic carbocycles. The fourth-order valence-corrected chi connectivity index (χ4v) is 2.70. The van der Waals surface area contributed by atoms with Crippen molar-refractivity contribution in [1.82, 2.24) is 4.90 Å². The average Bonchev–Trinajstić information content (AvgIpc) is 2.63. The SMILES string of the molecule is CCOC(=O)CCN(CCc1ccccc1)C(=O)c1ccccc1Cl. The monoisotopic (exact) mass is 359 g/mol. The van der Waals surface area contributed by atoms with Crippen LogP contribution in [0.25, 0.3) is 0 Å². The summed E-state index contributed by atoms with van der Waals surface area (Å²) in [5.41, 5.74) is 1.58. The summed E-state index contributed by atoms with van der Waals surface area (Å²) < 4.78 is 4.96. The topological polar surface area (TPSA) is 46.6 Å². The Morgan fingerprint density at radius 2 is 1.68 bits per heavy atom. The average molecular weight is 360 g/mol. The summed E-state index contributed by atoms with van der Waals surface area (Å²) in [5, 5.41) is 0.411. The van der Waals surface area contributed by atoms with E-state index >= 15 is 0 Å². The first-order valence-corrected chi connectivity index (χ1v) is 8.73. The molecule has 0 fully saturated rings. The third-order valence-electron chi connectivity index (χ3n) is 3.80. The van der Waals surface area contributed by atoms with E-state index in [2.05, 4.69) is 0 Å². The van der Waals surface area contributed by atoms with Gasteiger partial charge in [-0.15, -0.1) is 0 Å². The van der Waals surface area contributed by atoms with Crippen LogP contribution in [0, 0.1) is 0 Å². The minimum Gasteiger partial charge on any atom is -0.466 e. The highest BCUT2D eigenvalue weighted by Gasteiger charge is 2.19. The molecule has 2 aromatic rings. The van der Waals surface area contributed by atoms with Gasteiger partial charge >= 0.3 is 5.97 Å². The number of amides is 1. The molecule has 25 heavy (non-hydrogen) atoms. The van der Waals surface area contributed by atoms with E-state index in [1.54, 1.807) is 36.1 Å². The molecule has 5 heteroatoms. The largest absolute Gasteiger partial charge is 0.466 e. The first-order chi connectivity index (χ1) is 12.1. The molecule has 0 bridgehead atoms. The van der Waals surface area contributed by atoms with Crippen LogP contribution >= 0.6 is 11.6 Å². The van der Waals surface area contributed by atoms with E-state index in [1.807, 2.05) is 30.3 Å². The molecule has 0 heterocycles. The Hall–Kier alpha value is -2.33. The van der Waals surface area contributed by atoms with Crippen molar-refractivity contribution in [3.63, 3.8) is 0 Å². The molecular weight excluding hydrogens is 338 g/mol. The van der Waals surface area contributed by atoms with Crippen LogP contribution in [0.4, 0.5) is 0 Å². The van der Waals surface area contributed by atoms with Crippen LogP contribution in [-0.4, -0.2) is 36.5 Å². The zero-order chi connectivity index (χ0) is 18.1. The van der Waals surface area contributed by atoms with E-state index < -0.39 is 0 Å². The summed E-state index contributed by atoms with van der Waals surface area (Å²) in [6.07, 6.45) is 0.874. The smallest absolute Gasteiger partial charge is 0.307 e. The zero-order valence-electron chi connectivity index (χ0n) is 14.3. The van der Waals surface area contributed by atoms with E-state index in [9.17, 15) is 9.59 Å². The Labute approximate surface area is 153 Å². The molecule has 0 unspecified atom stereocenters. The van der Waals surface area contributed by atoms with Crippen molar-refractivity contribution in [2.75, 3.05) is 19.7 Å². The van der Waals surface area contributed by atoms with E-state index in [1.165, 1.54) is 0 Å². The molecule has 132 valence electrons. The van der Waals surface area contributed by atoms with Crippen molar-refractivity contribution >= 4 is 23.5 Å². The maximum Gasteiger partial charge on any atom is 0.307 e. The lowest BCUT2D eigenvalue weighted by atomic mass is 10.1. The molecule has 0 saturated heterocycles. The van der Waals surface area contributed by atoms with Crippen molar-refractivity contribution in [3.05, 3.63) is 70.7 Å². The Morgan fingerprint density at radius 3 is 2.36 bits per heavy atom. The van der Waals surface area contributed by atoms with Gasteiger partial charge in [0.15, 0.2) is 0 Å². The Bertz CT molecular complexity index is 703. The van der Waals surface area contributed by atoms with Gasteiger partial charge < -0.3 is 9.64 Å². The van der Waals surface area contributed by atoms with E-state index in [0.29, 0.717) is 36.7 Å². The molecule has 0 saturated carbocycles. The van der Waals surface area contributed by atoms with E-state index in [4.69, 9.17) is 16.3 Å². The van der Waals surface area contributed by atoms with Gasteiger partial charge in [0.2, 0.25) is 0 Å². The van der Waals surface area contributed by atoms with Gasteiger partial charge in [0, 0.05) is 13.1 Å². The second-order valence-electron chi connectivity index (χ2n) is 5.56. The lowest BCUT2D eigenvalue weighted by molar-refractivity contribution is -0.143. The predicted octanol–water partition coefficient (Wildman–Crippen LogP) is 3.98. The Kier molecular flexibility index (Phi) is 7.48. The van der Waals surface area contributed by atoms with Gasteiger partial charge in [-0.25, -0.2) is 0 Å². The number of nitrogens with zero attached hydrogens (tertiary/aromatic N) is 1. The van der Waals surface area contributed by atoms with Crippen LogP contribution in [0.15, 0.2) is 54.6 Å². The maximum atomic E-state index is 12.8. The first-order valence-electron chi connectivity index (χ1n) is 8.35. The van der Waals surface area contributed by atoms with Crippen molar-refractivity contribution in [2.24, 2.45) is 0 Å². The Balaban J connectivity index is 2.09. The quantitative estimate of drug-likeness (QED) is 0.670. The molecule has 0 atom stereocenters. The van der Waals surface area contributed by atoms with Crippen LogP contribution in [0.5, 0.6) is 0 Å². The number of halogens is 1. The molecule has 1 amide bonds. The third-order valence-corrected chi connectivity index (χ3v) is 4.13. The fourth-order valence-electron chi connectivity index (χ4n) is 2.49. The number of rotatable bonds is 8. The van der Waals surface area contributed by atoms with Crippen molar-refractivity contribution in [3.8, 4) is 0 Å². The first kappa shape index (κ1) is 19.0. The van der Waals surface area contributed by atoms with Crippen LogP contribution < -0.4 is 0 Å². The molecular formula is C20H22ClNO3. The molecule has 0 N–H and O–H groups in total. The maximum absolute atomic E-state index is 12.8. The van der Waals surface area contributed by atoms with Gasteiger partial charge in [-0.3, -0.25) is 9.59 Å². The summed E-state index contributed by atoms with van der Waals surface area (Å²) in [5.74, 6) is -0.481. The summed E-state index contributed by atoms with van der Waals surface area (Å²) in [6.45, 7) is 2.91. The summed E-state index contributed by atoms with van der Waals surface area (Å²) in [7, 11) is 0. The van der Waals surface area contributed by atoms with Crippen LogP contribution in [-0.2, 0) is 16.0 Å². The van der Waals surface area contributed by atoms with Crippen LogP contribution in [0.2, 0.25) is 5.02 Å². The molecule has 0 aliphatic rings. The Morgan fingerprint density at radius 1 is 1.00 bits per heavy atom. The predicted molar refractivity (Wildman–Crippen MR) is 98.8 cm³/mol. The fraction of sp³-hybridized carbons (Fsp3) is 0.300. The van der Waals surface area contributed by atoms with Crippen molar-refractivity contribution < 1.29 is 14.3 Å². The number of carbonyl (C=O) groups is 2. The van der Waals surface area contributed by atoms with Crippen LogP contribution in [0.3, 0.4) is 0 Å². The molecule has 0 spiro atoms. The van der Waals surface area contributed by atoms with Crippen molar-refractivity contribution in [2.45, 2.75) is 19.8 Å². The summed E-state index contributed by atoms with van der Waals surface area (Å²) in [4.78, 5) is 26.2. The lowest BCUT2D eigenvalue weighted by Crippen LogP contribution is -2.35. The molecule has 2 rings (SSSR count). The minimum atomic E-state index is -0.306. The summed E-state index contributed by atoms with van der Waals surface area (Å²) >= 11 is 6.15. The highest BCUT2D eigenvalue weighted by molar-refractivity contribution is 6.33. The highest BCUT2D eigenvalue weighted by Crippen LogP contribution is 2.18. The third kappa shape index (κ3) is 5.91. The standard InChI is InChI=1S/C20H22ClNO3/c1-2-25-19(23)13-15-22(14-12-16-8-4-3-5-9-16)20(24)17-10-6-7-11-18(17)21/h3-11H,2,12-15H2,1H3. The molecule has 0 aliphatic carbocycles. The van der Waals surface area contributed by atoms with Gasteiger partial charge in [-0.05, 0) is 31.0 Å². The second kappa shape index (κ2) is 9.84. The number of esters is 1. The molecule has 0 radical (unpaired) electrons. The number of benzene rings is 2. The second-order valence-corrected chi connectivity index (χ2v) is 5.97. The van der Waals surface area contributed by atoms with Crippen LogP contribution in [0.1, 0.15) is 29.3 Å². The molecule has 0 aromatic heterocycles. The van der Waals surface area contributed by atoms with Gasteiger partial charge in [0.05, 0.1) is 23.6 Å². The van der Waals surface area contributed by atoms with E-state index in [0.717, 1.165) is 5.56 Å². The number of hydrogen-bond donors (Lipinski definition) is 0. The minimum absolute atomic E-state index is 0.165. The summed E-state index contributed by atoms with van der Waals surface area (Å²) in [6, 6.07) is 16.9. The lowest BCUT2D eigenvalue weighted by Gasteiger charge is -2.23.